The van der Waals surface area contributed by atoms with Crippen LogP contribution in [0.15, 0.2) is 29.2 Å². The van der Waals surface area contributed by atoms with Gasteiger partial charge in [0, 0.05) is 12.2 Å². The second kappa shape index (κ2) is 6.57. The van der Waals surface area contributed by atoms with Gasteiger partial charge in [-0.3, -0.25) is 9.59 Å². The Morgan fingerprint density at radius 3 is 2.68 bits per heavy atom. The van der Waals surface area contributed by atoms with Crippen LogP contribution in [0.1, 0.15) is 24.5 Å². The lowest BCUT2D eigenvalue weighted by atomic mass is 10.1. The molecule has 2 rings (SSSR count). The molecule has 0 bridgehead atoms. The third kappa shape index (κ3) is 3.96. The lowest BCUT2D eigenvalue weighted by Gasteiger charge is -2.02. The van der Waals surface area contributed by atoms with Crippen LogP contribution in [-0.4, -0.2) is 24.1 Å². The number of allylic oxidation sites excluding steroid dienone is 1. The van der Waals surface area contributed by atoms with Crippen LogP contribution < -0.4 is 0 Å². The van der Waals surface area contributed by atoms with E-state index >= 15 is 0 Å². The number of rotatable bonds is 4. The van der Waals surface area contributed by atoms with Gasteiger partial charge in [0.05, 0.1) is 17.9 Å². The van der Waals surface area contributed by atoms with Gasteiger partial charge in [0.15, 0.2) is 5.78 Å². The molecule has 0 radical (unpaired) electrons. The van der Waals surface area contributed by atoms with Gasteiger partial charge < -0.3 is 4.74 Å². The van der Waals surface area contributed by atoms with Crippen LogP contribution in [0.5, 0.6) is 0 Å². The van der Waals surface area contributed by atoms with E-state index in [0.717, 1.165) is 21.8 Å². The van der Waals surface area contributed by atoms with Gasteiger partial charge in [0.2, 0.25) is 0 Å². The van der Waals surface area contributed by atoms with Crippen LogP contribution in [0.3, 0.4) is 0 Å². The topological polar surface area (TPSA) is 43.4 Å². The summed E-state index contributed by atoms with van der Waals surface area (Å²) in [7, 11) is 0. The molecule has 1 aliphatic rings. The summed E-state index contributed by atoms with van der Waals surface area (Å²) in [6.07, 6.45) is 2.84. The van der Waals surface area contributed by atoms with Crippen LogP contribution in [0.4, 0.5) is 0 Å². The summed E-state index contributed by atoms with van der Waals surface area (Å²) >= 11 is 1.60. The Kier molecular flexibility index (Phi) is 4.80. The third-order valence-corrected chi connectivity index (χ3v) is 3.86. The number of ether oxygens (including phenoxy) is 1. The van der Waals surface area contributed by atoms with Gasteiger partial charge >= 0.3 is 5.97 Å². The van der Waals surface area contributed by atoms with Crippen molar-refractivity contribution >= 4 is 29.6 Å². The van der Waals surface area contributed by atoms with Crippen molar-refractivity contribution in [1.82, 2.24) is 0 Å². The molecular formula is C15H16O3S. The second-order valence-electron chi connectivity index (χ2n) is 4.25. The maximum absolute atomic E-state index is 11.5. The molecule has 1 aliphatic heterocycles. The fourth-order valence-corrected chi connectivity index (χ4v) is 2.83. The zero-order valence-electron chi connectivity index (χ0n) is 10.8. The van der Waals surface area contributed by atoms with Gasteiger partial charge in [-0.15, -0.1) is 11.8 Å². The molecule has 19 heavy (non-hydrogen) atoms. The van der Waals surface area contributed by atoms with E-state index in [9.17, 15) is 9.59 Å². The second-order valence-corrected chi connectivity index (χ2v) is 5.39. The smallest absolute Gasteiger partial charge is 0.310 e. The van der Waals surface area contributed by atoms with Gasteiger partial charge in [0.1, 0.15) is 0 Å². The Balaban J connectivity index is 2.02. The average molecular weight is 276 g/mol. The summed E-state index contributed by atoms with van der Waals surface area (Å²) in [6, 6.07) is 7.64. The minimum atomic E-state index is -0.213. The summed E-state index contributed by atoms with van der Waals surface area (Å²) in [5.41, 5.74) is 1.91. The molecule has 3 nitrogen and oxygen atoms in total. The number of hydrogen-bond donors (Lipinski definition) is 0. The average Bonchev–Trinajstić information content (AvgIpc) is 2.78. The van der Waals surface area contributed by atoms with Crippen molar-refractivity contribution in [2.24, 2.45) is 0 Å². The van der Waals surface area contributed by atoms with Crippen LogP contribution in [-0.2, 0) is 20.7 Å². The van der Waals surface area contributed by atoms with E-state index in [1.165, 1.54) is 0 Å². The maximum Gasteiger partial charge on any atom is 0.310 e. The Bertz CT molecular complexity index is 503. The quantitative estimate of drug-likeness (QED) is 0.626. The predicted octanol–water partition coefficient (Wildman–Crippen LogP) is 2.84. The molecule has 1 fully saturated rings. The van der Waals surface area contributed by atoms with Crippen LogP contribution >= 0.6 is 11.8 Å². The van der Waals surface area contributed by atoms with E-state index in [1.54, 1.807) is 18.7 Å². The largest absolute Gasteiger partial charge is 0.466 e. The molecule has 100 valence electrons. The first-order chi connectivity index (χ1) is 9.19. The third-order valence-electron chi connectivity index (χ3n) is 2.79. The zero-order valence-corrected chi connectivity index (χ0v) is 11.7. The summed E-state index contributed by atoms with van der Waals surface area (Å²) in [5.74, 6) is 0.891. The molecule has 0 aromatic heterocycles. The van der Waals surface area contributed by atoms with Gasteiger partial charge in [-0.25, -0.2) is 0 Å². The minimum absolute atomic E-state index is 0.213. The Morgan fingerprint density at radius 2 is 2.11 bits per heavy atom. The number of hydrogen-bond acceptors (Lipinski definition) is 4. The Hall–Kier alpha value is -1.55. The monoisotopic (exact) mass is 276 g/mol. The molecule has 1 aromatic carbocycles. The Labute approximate surface area is 117 Å². The highest BCUT2D eigenvalue weighted by Crippen LogP contribution is 2.29. The summed E-state index contributed by atoms with van der Waals surface area (Å²) in [6.45, 7) is 2.20. The Morgan fingerprint density at radius 1 is 1.37 bits per heavy atom. The highest BCUT2D eigenvalue weighted by molar-refractivity contribution is 8.04. The first-order valence-electron chi connectivity index (χ1n) is 6.31. The molecule has 1 aromatic rings. The van der Waals surface area contributed by atoms with E-state index in [4.69, 9.17) is 4.74 Å². The number of Topliss-reactive ketones (excluding diaryl/α,β-unsaturated/α-hetero) is 1. The molecule has 4 heteroatoms. The zero-order chi connectivity index (χ0) is 13.7. The molecule has 1 saturated heterocycles. The van der Waals surface area contributed by atoms with Crippen molar-refractivity contribution in [2.75, 3.05) is 12.4 Å². The van der Waals surface area contributed by atoms with Crippen LogP contribution in [0, 0.1) is 0 Å². The van der Waals surface area contributed by atoms with E-state index in [-0.39, 0.29) is 11.8 Å². The first-order valence-corrected chi connectivity index (χ1v) is 7.30. The lowest BCUT2D eigenvalue weighted by molar-refractivity contribution is -0.142. The molecule has 0 saturated carbocycles. The normalized spacial score (nSPS) is 16.9. The molecule has 0 atom stereocenters. The predicted molar refractivity (Wildman–Crippen MR) is 76.8 cm³/mol. The van der Waals surface area contributed by atoms with Crippen LogP contribution in [0.2, 0.25) is 0 Å². The first kappa shape index (κ1) is 13.9. The number of carbonyl (C=O) groups is 2. The lowest BCUT2D eigenvalue weighted by Crippen LogP contribution is -2.07. The van der Waals surface area contributed by atoms with E-state index in [0.29, 0.717) is 19.4 Å². The highest BCUT2D eigenvalue weighted by Gasteiger charge is 2.17. The van der Waals surface area contributed by atoms with E-state index in [2.05, 4.69) is 0 Å². The van der Waals surface area contributed by atoms with Crippen molar-refractivity contribution in [2.45, 2.75) is 19.8 Å². The molecule has 0 unspecified atom stereocenters. The fourth-order valence-electron chi connectivity index (χ4n) is 1.84. The van der Waals surface area contributed by atoms with E-state index < -0.39 is 0 Å². The molecule has 0 spiro atoms. The van der Waals surface area contributed by atoms with Crippen molar-refractivity contribution in [3.63, 3.8) is 0 Å². The SMILES string of the molecule is CCOC(=O)Cc1ccc(C=C2SCCC2=O)cc1. The summed E-state index contributed by atoms with van der Waals surface area (Å²) in [5, 5.41) is 0. The van der Waals surface area contributed by atoms with Crippen molar-refractivity contribution in [3.8, 4) is 0 Å². The molecular weight excluding hydrogens is 260 g/mol. The minimum Gasteiger partial charge on any atom is -0.466 e. The van der Waals surface area contributed by atoms with E-state index in [1.807, 2.05) is 30.3 Å². The van der Waals surface area contributed by atoms with Crippen molar-refractivity contribution < 1.29 is 14.3 Å². The van der Waals surface area contributed by atoms with Crippen LogP contribution in [0.25, 0.3) is 6.08 Å². The highest BCUT2D eigenvalue weighted by atomic mass is 32.2. The fraction of sp³-hybridized carbons (Fsp3) is 0.333. The van der Waals surface area contributed by atoms with Gasteiger partial charge in [-0.1, -0.05) is 24.3 Å². The van der Waals surface area contributed by atoms with Gasteiger partial charge in [-0.2, -0.15) is 0 Å². The molecule has 0 N–H and O–H groups in total. The standard InChI is InChI=1S/C15H16O3S/c1-2-18-15(17)10-12-5-3-11(4-6-12)9-14-13(16)7-8-19-14/h3-6,9H,2,7-8,10H2,1H3. The van der Waals surface area contributed by atoms with Crippen molar-refractivity contribution in [3.05, 3.63) is 40.3 Å². The molecule has 0 aliphatic carbocycles. The van der Waals surface area contributed by atoms with Gasteiger partial charge in [-0.05, 0) is 24.1 Å². The summed E-state index contributed by atoms with van der Waals surface area (Å²) < 4.78 is 4.90. The number of esters is 1. The van der Waals surface area contributed by atoms with Gasteiger partial charge in [0.25, 0.3) is 0 Å². The number of ketones is 1. The van der Waals surface area contributed by atoms with Crippen molar-refractivity contribution in [1.29, 1.82) is 0 Å². The number of carbonyl (C=O) groups excluding carboxylic acids is 2. The molecule has 1 heterocycles. The number of thioether (sulfide) groups is 1. The molecule has 0 amide bonds. The number of benzene rings is 1. The summed E-state index contributed by atoms with van der Waals surface area (Å²) in [4.78, 5) is 23.7. The maximum atomic E-state index is 11.5.